The smallest absolute Gasteiger partial charge is 0.225 e. The Labute approximate surface area is 129 Å². The molecule has 0 spiro atoms. The van der Waals surface area contributed by atoms with Crippen LogP contribution in [0.1, 0.15) is 5.69 Å². The average molecular weight is 300 g/mol. The van der Waals surface area contributed by atoms with Crippen LogP contribution in [0.4, 0.5) is 5.95 Å². The van der Waals surface area contributed by atoms with Gasteiger partial charge in [-0.25, -0.2) is 19.9 Å². The number of hydrogen-bond acceptors (Lipinski definition) is 5. The molecule has 0 aliphatic carbocycles. The van der Waals surface area contributed by atoms with E-state index in [2.05, 4.69) is 29.7 Å². The van der Waals surface area contributed by atoms with E-state index in [9.17, 15) is 0 Å². The number of guanidine groups is 1. The molecule has 0 radical (unpaired) electrons. The molecule has 0 saturated carbocycles. The minimum atomic E-state index is 0.546. The van der Waals surface area contributed by atoms with Crippen LogP contribution in [-0.2, 0) is 13.6 Å². The summed E-state index contributed by atoms with van der Waals surface area (Å²) in [5.74, 6) is 1.35. The zero-order chi connectivity index (χ0) is 15.4. The SMILES string of the molecule is Cn1cncc1CN=C(N)N1CCN(c2ncccn2)CC1. The highest BCUT2D eigenvalue weighted by molar-refractivity contribution is 5.78. The van der Waals surface area contributed by atoms with E-state index in [1.165, 1.54) is 0 Å². The normalized spacial score (nSPS) is 16.1. The van der Waals surface area contributed by atoms with Crippen molar-refractivity contribution in [3.63, 3.8) is 0 Å². The second-order valence-corrected chi connectivity index (χ2v) is 5.19. The first kappa shape index (κ1) is 14.3. The first-order chi connectivity index (χ1) is 10.7. The summed E-state index contributed by atoms with van der Waals surface area (Å²) in [6, 6.07) is 1.82. The standard InChI is InChI=1S/C14H20N8/c1-20-11-16-9-12(20)10-19-13(15)21-5-7-22(8-6-21)14-17-3-2-4-18-14/h2-4,9,11H,5-8,10H2,1H3,(H2,15,19). The molecule has 1 aliphatic rings. The molecule has 22 heavy (non-hydrogen) atoms. The van der Waals surface area contributed by atoms with E-state index in [-0.39, 0.29) is 0 Å². The number of nitrogens with two attached hydrogens (primary N) is 1. The maximum absolute atomic E-state index is 6.10. The first-order valence-corrected chi connectivity index (χ1v) is 7.26. The predicted molar refractivity (Wildman–Crippen MR) is 84.4 cm³/mol. The highest BCUT2D eigenvalue weighted by Crippen LogP contribution is 2.09. The van der Waals surface area contributed by atoms with Crippen LogP contribution >= 0.6 is 0 Å². The van der Waals surface area contributed by atoms with Gasteiger partial charge in [-0.2, -0.15) is 0 Å². The zero-order valence-corrected chi connectivity index (χ0v) is 12.6. The van der Waals surface area contributed by atoms with Gasteiger partial charge in [-0.1, -0.05) is 0 Å². The van der Waals surface area contributed by atoms with Crippen LogP contribution in [0.2, 0.25) is 0 Å². The van der Waals surface area contributed by atoms with E-state index in [4.69, 9.17) is 5.73 Å². The van der Waals surface area contributed by atoms with E-state index >= 15 is 0 Å². The summed E-state index contributed by atoms with van der Waals surface area (Å²) in [6.07, 6.45) is 7.10. The third-order valence-corrected chi connectivity index (χ3v) is 3.76. The first-order valence-electron chi connectivity index (χ1n) is 7.26. The number of aliphatic imine (C=N–C) groups is 1. The molecule has 3 rings (SSSR count). The number of piperazine rings is 1. The van der Waals surface area contributed by atoms with Crippen LogP contribution in [0, 0.1) is 0 Å². The molecule has 2 N–H and O–H groups in total. The highest BCUT2D eigenvalue weighted by atomic mass is 15.4. The second-order valence-electron chi connectivity index (χ2n) is 5.19. The fraction of sp³-hybridized carbons (Fsp3) is 0.429. The molecule has 116 valence electrons. The molecule has 8 nitrogen and oxygen atoms in total. The number of aryl methyl sites for hydroxylation is 1. The van der Waals surface area contributed by atoms with Crippen molar-refractivity contribution in [1.29, 1.82) is 0 Å². The second kappa shape index (κ2) is 6.42. The van der Waals surface area contributed by atoms with Crippen molar-refractivity contribution < 1.29 is 0 Å². The van der Waals surface area contributed by atoms with Gasteiger partial charge in [-0.05, 0) is 6.07 Å². The van der Waals surface area contributed by atoms with Gasteiger partial charge in [0.15, 0.2) is 5.96 Å². The number of anilines is 1. The molecule has 0 amide bonds. The average Bonchev–Trinajstić information content (AvgIpc) is 2.99. The quantitative estimate of drug-likeness (QED) is 0.626. The van der Waals surface area contributed by atoms with Crippen molar-refractivity contribution >= 4 is 11.9 Å². The van der Waals surface area contributed by atoms with Crippen LogP contribution in [0.15, 0.2) is 36.0 Å². The Morgan fingerprint density at radius 1 is 1.23 bits per heavy atom. The Hall–Kier alpha value is -2.64. The molecular weight excluding hydrogens is 280 g/mol. The number of nitrogens with zero attached hydrogens (tertiary/aromatic N) is 7. The summed E-state index contributed by atoms with van der Waals surface area (Å²) < 4.78 is 1.95. The Kier molecular flexibility index (Phi) is 4.17. The topological polar surface area (TPSA) is 88.5 Å². The largest absolute Gasteiger partial charge is 0.370 e. The van der Waals surface area contributed by atoms with E-state index in [1.54, 1.807) is 18.7 Å². The van der Waals surface area contributed by atoms with Crippen molar-refractivity contribution in [2.45, 2.75) is 6.54 Å². The predicted octanol–water partition coefficient (Wildman–Crippen LogP) is -0.153. The van der Waals surface area contributed by atoms with Crippen LogP contribution < -0.4 is 10.6 Å². The Balaban J connectivity index is 1.55. The van der Waals surface area contributed by atoms with Gasteiger partial charge in [0.2, 0.25) is 5.95 Å². The molecule has 8 heteroatoms. The van der Waals surface area contributed by atoms with Crippen molar-refractivity contribution in [1.82, 2.24) is 24.4 Å². The van der Waals surface area contributed by atoms with Gasteiger partial charge in [0.05, 0.1) is 24.8 Å². The van der Waals surface area contributed by atoms with Crippen LogP contribution in [0.25, 0.3) is 0 Å². The molecule has 0 unspecified atom stereocenters. The van der Waals surface area contributed by atoms with Crippen LogP contribution in [0.3, 0.4) is 0 Å². The number of aromatic nitrogens is 4. The molecule has 1 aliphatic heterocycles. The summed E-state index contributed by atoms with van der Waals surface area (Å²) in [5, 5.41) is 0. The molecular formula is C14H20N8. The highest BCUT2D eigenvalue weighted by Gasteiger charge is 2.19. The minimum absolute atomic E-state index is 0.546. The maximum Gasteiger partial charge on any atom is 0.225 e. The van der Waals surface area contributed by atoms with Gasteiger partial charge < -0.3 is 20.1 Å². The van der Waals surface area contributed by atoms with Gasteiger partial charge in [0.1, 0.15) is 0 Å². The summed E-state index contributed by atoms with van der Waals surface area (Å²) in [7, 11) is 1.95. The molecule has 2 aromatic heterocycles. The lowest BCUT2D eigenvalue weighted by Crippen LogP contribution is -2.51. The maximum atomic E-state index is 6.10. The zero-order valence-electron chi connectivity index (χ0n) is 12.6. The number of hydrogen-bond donors (Lipinski definition) is 1. The molecule has 3 heterocycles. The van der Waals surface area contributed by atoms with Gasteiger partial charge in [0, 0.05) is 45.6 Å². The fourth-order valence-corrected chi connectivity index (χ4v) is 2.39. The van der Waals surface area contributed by atoms with Crippen LogP contribution in [-0.4, -0.2) is 56.6 Å². The Morgan fingerprint density at radius 3 is 2.59 bits per heavy atom. The molecule has 0 atom stereocenters. The van der Waals surface area contributed by atoms with E-state index in [0.717, 1.165) is 37.8 Å². The third kappa shape index (κ3) is 3.16. The monoisotopic (exact) mass is 300 g/mol. The van der Waals surface area contributed by atoms with E-state index in [0.29, 0.717) is 12.5 Å². The van der Waals surface area contributed by atoms with E-state index in [1.807, 2.05) is 23.9 Å². The number of rotatable bonds is 3. The lowest BCUT2D eigenvalue weighted by Gasteiger charge is -2.35. The van der Waals surface area contributed by atoms with Crippen molar-refractivity contribution in [2.24, 2.45) is 17.8 Å². The third-order valence-electron chi connectivity index (χ3n) is 3.76. The summed E-state index contributed by atoms with van der Waals surface area (Å²) in [4.78, 5) is 21.3. The van der Waals surface area contributed by atoms with E-state index < -0.39 is 0 Å². The van der Waals surface area contributed by atoms with Crippen molar-refractivity contribution in [2.75, 3.05) is 31.1 Å². The molecule has 0 bridgehead atoms. The summed E-state index contributed by atoms with van der Waals surface area (Å²) in [6.45, 7) is 3.86. The van der Waals surface area contributed by atoms with Gasteiger partial charge >= 0.3 is 0 Å². The van der Waals surface area contributed by atoms with Crippen molar-refractivity contribution in [3.05, 3.63) is 36.7 Å². The van der Waals surface area contributed by atoms with Crippen LogP contribution in [0.5, 0.6) is 0 Å². The number of imidazole rings is 1. The lowest BCUT2D eigenvalue weighted by molar-refractivity contribution is 0.378. The lowest BCUT2D eigenvalue weighted by atomic mass is 10.3. The molecule has 1 fully saturated rings. The Bertz CT molecular complexity index is 627. The molecule has 1 saturated heterocycles. The molecule has 2 aromatic rings. The van der Waals surface area contributed by atoms with Gasteiger partial charge in [-0.3, -0.25) is 0 Å². The fourth-order valence-electron chi connectivity index (χ4n) is 2.39. The molecule has 0 aromatic carbocycles. The minimum Gasteiger partial charge on any atom is -0.370 e. The summed E-state index contributed by atoms with van der Waals surface area (Å²) in [5.41, 5.74) is 7.14. The van der Waals surface area contributed by atoms with Gasteiger partial charge in [-0.15, -0.1) is 0 Å². The summed E-state index contributed by atoms with van der Waals surface area (Å²) >= 11 is 0. The van der Waals surface area contributed by atoms with Gasteiger partial charge in [0.25, 0.3) is 0 Å². The Morgan fingerprint density at radius 2 is 1.95 bits per heavy atom. The van der Waals surface area contributed by atoms with Crippen molar-refractivity contribution in [3.8, 4) is 0 Å².